The first-order chi connectivity index (χ1) is 16.1. The molecular formula is C25H29N5O3. The lowest BCUT2D eigenvalue weighted by Gasteiger charge is -2.37. The highest BCUT2D eigenvalue weighted by atomic mass is 16.5. The zero-order valence-electron chi connectivity index (χ0n) is 19.1. The molecule has 3 aromatic rings. The number of benzene rings is 1. The summed E-state index contributed by atoms with van der Waals surface area (Å²) in [6.45, 7) is 1.45. The average molecular weight is 448 g/mol. The number of aromatic nitrogens is 2. The van der Waals surface area contributed by atoms with Crippen LogP contribution in [0.4, 0.5) is 0 Å². The van der Waals surface area contributed by atoms with Crippen molar-refractivity contribution in [3.8, 4) is 34.7 Å². The number of nitrogens with zero attached hydrogens (tertiary/aromatic N) is 4. The highest BCUT2D eigenvalue weighted by Crippen LogP contribution is 2.46. The Labute approximate surface area is 193 Å². The number of nitriles is 1. The number of methoxy groups -OCH3 is 2. The van der Waals surface area contributed by atoms with Crippen molar-refractivity contribution in [1.29, 1.82) is 5.26 Å². The average Bonchev–Trinajstić information content (AvgIpc) is 3.56. The van der Waals surface area contributed by atoms with Gasteiger partial charge in [-0.1, -0.05) is 12.5 Å². The summed E-state index contributed by atoms with van der Waals surface area (Å²) in [6.07, 6.45) is 7.35. The summed E-state index contributed by atoms with van der Waals surface area (Å²) in [6, 6.07) is 11.7. The molecule has 2 unspecified atom stereocenters. The first-order valence-corrected chi connectivity index (χ1v) is 11.4. The maximum absolute atomic E-state index is 9.87. The van der Waals surface area contributed by atoms with E-state index < -0.39 is 0 Å². The van der Waals surface area contributed by atoms with Gasteiger partial charge in [-0.15, -0.1) is 0 Å². The van der Waals surface area contributed by atoms with Crippen molar-refractivity contribution in [2.45, 2.75) is 37.6 Å². The van der Waals surface area contributed by atoms with Gasteiger partial charge in [-0.3, -0.25) is 10.2 Å². The smallest absolute Gasteiger partial charge is 0.199 e. The molecule has 1 saturated heterocycles. The molecule has 5 rings (SSSR count). The van der Waals surface area contributed by atoms with E-state index in [-0.39, 0.29) is 5.54 Å². The van der Waals surface area contributed by atoms with Gasteiger partial charge >= 0.3 is 0 Å². The Morgan fingerprint density at radius 2 is 2.00 bits per heavy atom. The zero-order valence-corrected chi connectivity index (χ0v) is 19.1. The van der Waals surface area contributed by atoms with Gasteiger partial charge in [0, 0.05) is 23.6 Å². The molecule has 0 amide bonds. The molecule has 2 atom stereocenters. The van der Waals surface area contributed by atoms with Crippen LogP contribution in [0.25, 0.3) is 16.9 Å². The quantitative estimate of drug-likeness (QED) is 0.574. The molecular weight excluding hydrogens is 418 g/mol. The predicted molar refractivity (Wildman–Crippen MR) is 124 cm³/mol. The standard InChI is InChI=1S/C25H29N5O3/c1-31-21-12-17(20-15-28-23-7-3-8-24(32-2)30(20)23)13-22(19(21)14-26)33-16-18-6-4-9-25(18)10-5-11-29(25)27/h3,7-8,12-13,15,18H,4-6,9-11,16,27H2,1-2H3. The van der Waals surface area contributed by atoms with Crippen LogP contribution in [0.15, 0.2) is 36.5 Å². The number of hydrazine groups is 1. The third-order valence-corrected chi connectivity index (χ3v) is 7.34. The lowest BCUT2D eigenvalue weighted by atomic mass is 9.85. The number of nitrogens with two attached hydrogens (primary N) is 1. The molecule has 1 aliphatic carbocycles. The minimum Gasteiger partial charge on any atom is -0.495 e. The highest BCUT2D eigenvalue weighted by molar-refractivity contribution is 5.71. The molecule has 2 fully saturated rings. The molecule has 8 nitrogen and oxygen atoms in total. The number of ether oxygens (including phenoxy) is 3. The monoisotopic (exact) mass is 447 g/mol. The molecule has 2 N–H and O–H groups in total. The van der Waals surface area contributed by atoms with Gasteiger partial charge in [0.15, 0.2) is 5.88 Å². The minimum atomic E-state index is 0.0174. The Hall–Kier alpha value is -3.28. The number of fused-ring (bicyclic) bond motifs is 1. The molecule has 8 heteroatoms. The van der Waals surface area contributed by atoms with E-state index in [0.717, 1.165) is 55.6 Å². The summed E-state index contributed by atoms with van der Waals surface area (Å²) >= 11 is 0. The summed E-state index contributed by atoms with van der Waals surface area (Å²) in [4.78, 5) is 4.51. The lowest BCUT2D eigenvalue weighted by Crippen LogP contribution is -2.52. The van der Waals surface area contributed by atoms with E-state index in [1.54, 1.807) is 20.4 Å². The second-order valence-corrected chi connectivity index (χ2v) is 8.87. The fourth-order valence-electron chi connectivity index (χ4n) is 5.68. The molecule has 1 spiro atoms. The number of imidazole rings is 1. The van der Waals surface area contributed by atoms with Gasteiger partial charge in [-0.25, -0.2) is 9.99 Å². The SMILES string of the molecule is COc1cc(-c2cnc3cccc(OC)n23)cc(OCC2CCCC23CCCN3N)c1C#N. The Bertz CT molecular complexity index is 1210. The Balaban J connectivity index is 1.52. The largest absolute Gasteiger partial charge is 0.495 e. The van der Waals surface area contributed by atoms with Gasteiger partial charge in [0.2, 0.25) is 0 Å². The van der Waals surface area contributed by atoms with E-state index in [4.69, 9.17) is 20.1 Å². The van der Waals surface area contributed by atoms with Crippen LogP contribution in [0.3, 0.4) is 0 Å². The van der Waals surface area contributed by atoms with Crippen LogP contribution in [-0.2, 0) is 0 Å². The highest BCUT2D eigenvalue weighted by Gasteiger charge is 2.49. The van der Waals surface area contributed by atoms with Gasteiger partial charge in [0.05, 0.1) is 32.7 Å². The van der Waals surface area contributed by atoms with Crippen molar-refractivity contribution in [1.82, 2.24) is 14.4 Å². The van der Waals surface area contributed by atoms with E-state index in [1.807, 2.05) is 39.7 Å². The number of hydrogen-bond acceptors (Lipinski definition) is 7. The van der Waals surface area contributed by atoms with Crippen molar-refractivity contribution < 1.29 is 14.2 Å². The van der Waals surface area contributed by atoms with E-state index in [2.05, 4.69) is 11.1 Å². The van der Waals surface area contributed by atoms with Crippen molar-refractivity contribution >= 4 is 5.65 Å². The second-order valence-electron chi connectivity index (χ2n) is 8.87. The summed E-state index contributed by atoms with van der Waals surface area (Å²) in [5, 5.41) is 11.9. The van der Waals surface area contributed by atoms with Crippen LogP contribution < -0.4 is 20.1 Å². The van der Waals surface area contributed by atoms with Gasteiger partial charge in [-0.05, 0) is 49.9 Å². The Morgan fingerprint density at radius 3 is 2.73 bits per heavy atom. The van der Waals surface area contributed by atoms with Crippen LogP contribution in [0.2, 0.25) is 0 Å². The minimum absolute atomic E-state index is 0.0174. The Kier molecular flexibility index (Phi) is 5.60. The molecule has 172 valence electrons. The maximum atomic E-state index is 9.87. The molecule has 1 aliphatic heterocycles. The first kappa shape index (κ1) is 21.6. The molecule has 1 saturated carbocycles. The maximum Gasteiger partial charge on any atom is 0.199 e. The third kappa shape index (κ3) is 3.48. The molecule has 1 aromatic carbocycles. The van der Waals surface area contributed by atoms with Crippen LogP contribution in [0.5, 0.6) is 17.4 Å². The molecule has 2 aliphatic rings. The molecule has 0 radical (unpaired) electrons. The number of rotatable bonds is 6. The summed E-state index contributed by atoms with van der Waals surface area (Å²) in [5.74, 6) is 8.38. The van der Waals surface area contributed by atoms with E-state index in [9.17, 15) is 5.26 Å². The van der Waals surface area contributed by atoms with Crippen molar-refractivity contribution in [2.24, 2.45) is 11.8 Å². The Morgan fingerprint density at radius 1 is 1.18 bits per heavy atom. The van der Waals surface area contributed by atoms with Crippen LogP contribution in [0.1, 0.15) is 37.7 Å². The van der Waals surface area contributed by atoms with Gasteiger partial charge in [-0.2, -0.15) is 5.26 Å². The first-order valence-electron chi connectivity index (χ1n) is 11.4. The molecule has 0 bridgehead atoms. The van der Waals surface area contributed by atoms with E-state index in [1.165, 1.54) is 0 Å². The summed E-state index contributed by atoms with van der Waals surface area (Å²) < 4.78 is 19.4. The summed E-state index contributed by atoms with van der Waals surface area (Å²) in [5.41, 5.74) is 2.85. The van der Waals surface area contributed by atoms with Gasteiger partial charge in [0.1, 0.15) is 28.8 Å². The van der Waals surface area contributed by atoms with Crippen LogP contribution in [0, 0.1) is 17.2 Å². The van der Waals surface area contributed by atoms with Gasteiger partial charge < -0.3 is 14.2 Å². The lowest BCUT2D eigenvalue weighted by molar-refractivity contribution is 0.0662. The fourth-order valence-corrected chi connectivity index (χ4v) is 5.68. The summed E-state index contributed by atoms with van der Waals surface area (Å²) in [7, 11) is 3.20. The van der Waals surface area contributed by atoms with E-state index in [0.29, 0.717) is 35.5 Å². The zero-order chi connectivity index (χ0) is 23.0. The fraction of sp³-hybridized carbons (Fsp3) is 0.440. The number of hydrogen-bond donors (Lipinski definition) is 1. The molecule has 33 heavy (non-hydrogen) atoms. The predicted octanol–water partition coefficient (Wildman–Crippen LogP) is 3.78. The van der Waals surface area contributed by atoms with Crippen LogP contribution in [-0.4, -0.2) is 47.3 Å². The number of pyridine rings is 1. The van der Waals surface area contributed by atoms with Crippen molar-refractivity contribution in [3.05, 3.63) is 42.1 Å². The van der Waals surface area contributed by atoms with Crippen molar-refractivity contribution in [2.75, 3.05) is 27.4 Å². The van der Waals surface area contributed by atoms with E-state index >= 15 is 0 Å². The third-order valence-electron chi connectivity index (χ3n) is 7.34. The molecule has 3 heterocycles. The van der Waals surface area contributed by atoms with Crippen molar-refractivity contribution in [3.63, 3.8) is 0 Å². The second kappa shape index (κ2) is 8.58. The normalized spacial score (nSPS) is 22.7. The topological polar surface area (TPSA) is 98.0 Å². The molecule has 2 aromatic heterocycles. The van der Waals surface area contributed by atoms with Gasteiger partial charge in [0.25, 0.3) is 0 Å². The van der Waals surface area contributed by atoms with Crippen LogP contribution >= 0.6 is 0 Å².